The summed E-state index contributed by atoms with van der Waals surface area (Å²) >= 11 is 0. The van der Waals surface area contributed by atoms with Crippen molar-refractivity contribution in [1.82, 2.24) is 10.2 Å². The molecule has 0 aromatic rings. The van der Waals surface area contributed by atoms with Crippen LogP contribution in [0.5, 0.6) is 0 Å². The van der Waals surface area contributed by atoms with E-state index in [4.69, 9.17) is 5.11 Å². The van der Waals surface area contributed by atoms with E-state index in [1.165, 1.54) is 0 Å². The maximum atomic E-state index is 12.2. The molecule has 0 aromatic carbocycles. The van der Waals surface area contributed by atoms with Crippen molar-refractivity contribution in [3.05, 3.63) is 12.7 Å². The van der Waals surface area contributed by atoms with Gasteiger partial charge < -0.3 is 15.3 Å². The zero-order chi connectivity index (χ0) is 13.8. The summed E-state index contributed by atoms with van der Waals surface area (Å²) < 4.78 is 0. The van der Waals surface area contributed by atoms with Crippen molar-refractivity contribution in [3.63, 3.8) is 0 Å². The quantitative estimate of drug-likeness (QED) is 0.748. The maximum absolute atomic E-state index is 12.2. The van der Waals surface area contributed by atoms with Gasteiger partial charge in [-0.2, -0.15) is 0 Å². The van der Waals surface area contributed by atoms with E-state index in [1.807, 2.05) is 0 Å². The Labute approximate surface area is 113 Å². The van der Waals surface area contributed by atoms with Gasteiger partial charge in [0, 0.05) is 18.6 Å². The average Bonchev–Trinajstić information content (AvgIpc) is 3.20. The lowest BCUT2D eigenvalue weighted by atomic mass is 9.86. The van der Waals surface area contributed by atoms with Gasteiger partial charge in [-0.15, -0.1) is 6.58 Å². The molecule has 2 amide bonds. The first-order valence-corrected chi connectivity index (χ1v) is 7.02. The molecule has 0 spiro atoms. The largest absolute Gasteiger partial charge is 0.481 e. The first kappa shape index (κ1) is 13.9. The van der Waals surface area contributed by atoms with Gasteiger partial charge >= 0.3 is 12.0 Å². The number of hydrogen-bond donors (Lipinski definition) is 2. The minimum absolute atomic E-state index is 0.00610. The van der Waals surface area contributed by atoms with Crippen molar-refractivity contribution in [2.24, 2.45) is 5.92 Å². The van der Waals surface area contributed by atoms with E-state index in [2.05, 4.69) is 11.9 Å². The second-order valence-electron chi connectivity index (χ2n) is 5.52. The monoisotopic (exact) mass is 266 g/mol. The molecule has 2 aliphatic rings. The Kier molecular flexibility index (Phi) is 4.45. The number of rotatable bonds is 5. The molecule has 0 aromatic heterocycles. The Hall–Kier alpha value is -1.52. The number of carboxylic acids is 1. The van der Waals surface area contributed by atoms with Gasteiger partial charge in [0.1, 0.15) is 0 Å². The Balaban J connectivity index is 1.86. The van der Waals surface area contributed by atoms with Crippen LogP contribution in [0.2, 0.25) is 0 Å². The smallest absolute Gasteiger partial charge is 0.318 e. The number of nitrogens with zero attached hydrogens (tertiary/aromatic N) is 1. The van der Waals surface area contributed by atoms with Crippen LogP contribution in [-0.2, 0) is 4.79 Å². The molecule has 2 atom stereocenters. The Morgan fingerprint density at radius 1 is 1.32 bits per heavy atom. The van der Waals surface area contributed by atoms with E-state index in [1.54, 1.807) is 11.0 Å². The Morgan fingerprint density at radius 3 is 2.63 bits per heavy atom. The van der Waals surface area contributed by atoms with Crippen molar-refractivity contribution in [3.8, 4) is 0 Å². The van der Waals surface area contributed by atoms with Crippen LogP contribution in [0.25, 0.3) is 0 Å². The molecule has 2 N–H and O–H groups in total. The summed E-state index contributed by atoms with van der Waals surface area (Å²) in [5.74, 6) is -1.06. The second-order valence-corrected chi connectivity index (χ2v) is 5.52. The number of amides is 2. The lowest BCUT2D eigenvalue weighted by Crippen LogP contribution is -2.47. The van der Waals surface area contributed by atoms with Crippen molar-refractivity contribution in [1.29, 1.82) is 0 Å². The molecular weight excluding hydrogens is 244 g/mol. The van der Waals surface area contributed by atoms with Crippen molar-refractivity contribution in [2.75, 3.05) is 6.54 Å². The second kappa shape index (κ2) is 6.08. The van der Waals surface area contributed by atoms with E-state index in [0.717, 1.165) is 32.1 Å². The predicted octanol–water partition coefficient (Wildman–Crippen LogP) is 1.99. The minimum Gasteiger partial charge on any atom is -0.481 e. The summed E-state index contributed by atoms with van der Waals surface area (Å²) in [5, 5.41) is 12.0. The molecule has 2 fully saturated rings. The van der Waals surface area contributed by atoms with E-state index >= 15 is 0 Å². The van der Waals surface area contributed by atoms with Crippen LogP contribution in [0.3, 0.4) is 0 Å². The van der Waals surface area contributed by atoms with Gasteiger partial charge in [0.2, 0.25) is 0 Å². The van der Waals surface area contributed by atoms with Crippen LogP contribution in [-0.4, -0.2) is 40.6 Å². The molecule has 2 aliphatic carbocycles. The molecule has 2 rings (SSSR count). The third-order valence-corrected chi connectivity index (χ3v) is 3.93. The van der Waals surface area contributed by atoms with Crippen LogP contribution >= 0.6 is 0 Å². The lowest BCUT2D eigenvalue weighted by molar-refractivity contribution is -0.143. The lowest BCUT2D eigenvalue weighted by Gasteiger charge is -2.30. The number of carbonyl (C=O) groups excluding carboxylic acids is 1. The van der Waals surface area contributed by atoms with Gasteiger partial charge in [0.25, 0.3) is 0 Å². The third-order valence-electron chi connectivity index (χ3n) is 3.93. The number of nitrogens with one attached hydrogen (secondary N) is 1. The van der Waals surface area contributed by atoms with Crippen molar-refractivity contribution >= 4 is 12.0 Å². The Morgan fingerprint density at radius 2 is 2.05 bits per heavy atom. The predicted molar refractivity (Wildman–Crippen MR) is 71.8 cm³/mol. The fourth-order valence-corrected chi connectivity index (χ4v) is 2.73. The number of carbonyl (C=O) groups is 2. The van der Waals surface area contributed by atoms with Crippen LogP contribution < -0.4 is 5.32 Å². The van der Waals surface area contributed by atoms with Crippen molar-refractivity contribution < 1.29 is 14.7 Å². The van der Waals surface area contributed by atoms with Gasteiger partial charge in [0.15, 0.2) is 0 Å². The minimum atomic E-state index is -0.746. The summed E-state index contributed by atoms with van der Waals surface area (Å²) in [6.07, 6.45) is 6.87. The molecule has 0 saturated heterocycles. The molecular formula is C14H22N2O3. The summed E-state index contributed by atoms with van der Waals surface area (Å²) in [5.41, 5.74) is 0. The molecule has 5 heteroatoms. The van der Waals surface area contributed by atoms with E-state index in [9.17, 15) is 9.59 Å². The topological polar surface area (TPSA) is 69.6 Å². The number of carboxylic acid groups (broad SMARTS) is 1. The van der Waals surface area contributed by atoms with Crippen LogP contribution in [0.1, 0.15) is 38.5 Å². The summed E-state index contributed by atoms with van der Waals surface area (Å²) in [6, 6.07) is 0.267. The number of urea groups is 1. The molecule has 19 heavy (non-hydrogen) atoms. The molecule has 0 radical (unpaired) electrons. The average molecular weight is 266 g/mol. The number of hydrogen-bond acceptors (Lipinski definition) is 2. The van der Waals surface area contributed by atoms with Gasteiger partial charge in [-0.05, 0) is 32.1 Å². The maximum Gasteiger partial charge on any atom is 0.318 e. The zero-order valence-electron chi connectivity index (χ0n) is 11.2. The van der Waals surface area contributed by atoms with Crippen molar-refractivity contribution in [2.45, 2.75) is 50.6 Å². The highest BCUT2D eigenvalue weighted by Gasteiger charge is 2.34. The molecule has 106 valence electrons. The summed E-state index contributed by atoms with van der Waals surface area (Å²) in [7, 11) is 0. The Bertz CT molecular complexity index is 366. The molecule has 5 nitrogen and oxygen atoms in total. The van der Waals surface area contributed by atoms with Gasteiger partial charge in [-0.3, -0.25) is 4.79 Å². The van der Waals surface area contributed by atoms with E-state index in [0.29, 0.717) is 19.0 Å². The number of aliphatic carboxylic acids is 1. The first-order valence-electron chi connectivity index (χ1n) is 7.02. The molecule has 2 unspecified atom stereocenters. The van der Waals surface area contributed by atoms with E-state index < -0.39 is 5.97 Å². The zero-order valence-corrected chi connectivity index (χ0v) is 11.2. The van der Waals surface area contributed by atoms with Crippen LogP contribution in [0, 0.1) is 5.92 Å². The fraction of sp³-hybridized carbons (Fsp3) is 0.714. The van der Waals surface area contributed by atoms with Gasteiger partial charge in [0.05, 0.1) is 5.92 Å². The van der Waals surface area contributed by atoms with Gasteiger partial charge in [-0.1, -0.05) is 12.5 Å². The molecule has 0 heterocycles. The highest BCUT2D eigenvalue weighted by atomic mass is 16.4. The summed E-state index contributed by atoms with van der Waals surface area (Å²) in [6.45, 7) is 4.24. The molecule has 2 saturated carbocycles. The fourth-order valence-electron chi connectivity index (χ4n) is 2.73. The summed E-state index contributed by atoms with van der Waals surface area (Å²) in [4.78, 5) is 25.0. The molecule has 0 bridgehead atoms. The van der Waals surface area contributed by atoms with E-state index in [-0.39, 0.29) is 18.0 Å². The third kappa shape index (κ3) is 3.72. The van der Waals surface area contributed by atoms with Crippen LogP contribution in [0.4, 0.5) is 4.79 Å². The normalized spacial score (nSPS) is 26.5. The highest BCUT2D eigenvalue weighted by Crippen LogP contribution is 2.28. The SMILES string of the molecule is C=CCN(C(=O)NC1CCCC(C(=O)O)C1)C1CC1. The van der Waals surface area contributed by atoms with Gasteiger partial charge in [-0.25, -0.2) is 4.79 Å². The molecule has 0 aliphatic heterocycles. The highest BCUT2D eigenvalue weighted by molar-refractivity contribution is 5.76. The first-order chi connectivity index (χ1) is 9.11. The standard InChI is InChI=1S/C14H22N2O3/c1-2-8-16(12-6-7-12)14(19)15-11-5-3-4-10(9-11)13(17)18/h2,10-12H,1,3-9H2,(H,15,19)(H,17,18). The van der Waals surface area contributed by atoms with Crippen LogP contribution in [0.15, 0.2) is 12.7 Å².